The van der Waals surface area contributed by atoms with Crippen LogP contribution in [0.2, 0.25) is 0 Å². The summed E-state index contributed by atoms with van der Waals surface area (Å²) in [5, 5.41) is 15.3. The highest BCUT2D eigenvalue weighted by Crippen LogP contribution is 2.33. The lowest BCUT2D eigenvalue weighted by Crippen LogP contribution is -2.39. The van der Waals surface area contributed by atoms with Crippen LogP contribution in [-0.2, 0) is 16.1 Å². The van der Waals surface area contributed by atoms with Gasteiger partial charge in [0.2, 0.25) is 0 Å². The third kappa shape index (κ3) is 6.05. The van der Waals surface area contributed by atoms with Gasteiger partial charge in [-0.2, -0.15) is 10.4 Å². The lowest BCUT2D eigenvalue weighted by atomic mass is 10.0. The van der Waals surface area contributed by atoms with Crippen LogP contribution in [0.4, 0.5) is 5.82 Å². The summed E-state index contributed by atoms with van der Waals surface area (Å²) < 4.78 is 13.4. The number of nitrogens with two attached hydrogens (primary N) is 1. The Labute approximate surface area is 239 Å². The Morgan fingerprint density at radius 2 is 1.88 bits per heavy atom. The van der Waals surface area contributed by atoms with Gasteiger partial charge in [-0.15, -0.1) is 0 Å². The molecule has 0 radical (unpaired) electrons. The molecule has 0 saturated carbocycles. The van der Waals surface area contributed by atoms with E-state index in [1.165, 1.54) is 6.33 Å². The maximum Gasteiger partial charge on any atom is 0.264 e. The highest BCUT2D eigenvalue weighted by molar-refractivity contribution is 5.99. The van der Waals surface area contributed by atoms with Gasteiger partial charge in [0.1, 0.15) is 41.0 Å². The van der Waals surface area contributed by atoms with E-state index in [-0.39, 0.29) is 17.5 Å². The van der Waals surface area contributed by atoms with E-state index in [4.69, 9.17) is 20.3 Å². The van der Waals surface area contributed by atoms with Crippen molar-refractivity contribution in [2.24, 2.45) is 0 Å². The van der Waals surface area contributed by atoms with E-state index in [2.05, 4.69) is 16.0 Å². The standard InChI is InChI=1S/C31H33N7O3/c1-4-40-31(2,3)17-22(18-32)30(39)37-16-8-9-23(37)19-38-29-26(28(33)34-20-35-29)27(36-38)21-12-14-25(15-13-21)41-24-10-6-5-7-11-24/h5-7,10-15,17,20,23H,4,8-9,16,19H2,1-3H3,(H2,33,34,35)/b22-17+/t23-/m1/s1. The lowest BCUT2D eigenvalue weighted by molar-refractivity contribution is -0.127. The molecule has 2 N–H and O–H groups in total. The van der Waals surface area contributed by atoms with Crippen molar-refractivity contribution in [2.75, 3.05) is 18.9 Å². The van der Waals surface area contributed by atoms with Gasteiger partial charge in [0.15, 0.2) is 5.65 Å². The fourth-order valence-corrected chi connectivity index (χ4v) is 5.22. The van der Waals surface area contributed by atoms with Gasteiger partial charge < -0.3 is 20.1 Å². The number of nitrogen functional groups attached to an aromatic ring is 1. The molecule has 1 aliphatic rings. The van der Waals surface area contributed by atoms with Crippen LogP contribution in [0.15, 0.2) is 72.6 Å². The number of rotatable bonds is 9. The van der Waals surface area contributed by atoms with Crippen molar-refractivity contribution in [1.29, 1.82) is 5.26 Å². The predicted octanol–water partition coefficient (Wildman–Crippen LogP) is 5.12. The van der Waals surface area contributed by atoms with Crippen molar-refractivity contribution < 1.29 is 14.3 Å². The topological polar surface area (TPSA) is 132 Å². The number of hydrogen-bond acceptors (Lipinski definition) is 8. The lowest BCUT2D eigenvalue weighted by Gasteiger charge is -2.26. The van der Waals surface area contributed by atoms with Gasteiger partial charge in [-0.3, -0.25) is 4.79 Å². The van der Waals surface area contributed by atoms with Crippen molar-refractivity contribution in [2.45, 2.75) is 51.8 Å². The zero-order valence-electron chi connectivity index (χ0n) is 23.4. The first-order valence-corrected chi connectivity index (χ1v) is 13.7. The molecule has 2 aromatic heterocycles. The van der Waals surface area contributed by atoms with E-state index in [0.717, 1.165) is 24.2 Å². The Balaban J connectivity index is 1.42. The Morgan fingerprint density at radius 1 is 1.15 bits per heavy atom. The third-order valence-corrected chi connectivity index (χ3v) is 7.05. The second-order valence-corrected chi connectivity index (χ2v) is 10.4. The summed E-state index contributed by atoms with van der Waals surface area (Å²) >= 11 is 0. The van der Waals surface area contributed by atoms with Gasteiger partial charge in [-0.25, -0.2) is 14.6 Å². The molecule has 10 nitrogen and oxygen atoms in total. The molecule has 1 saturated heterocycles. The number of carbonyl (C=O) groups excluding carboxylic acids is 1. The van der Waals surface area contributed by atoms with Crippen molar-refractivity contribution in [3.05, 3.63) is 72.6 Å². The maximum atomic E-state index is 13.5. The monoisotopic (exact) mass is 551 g/mol. The average Bonchev–Trinajstić information content (AvgIpc) is 3.58. The van der Waals surface area contributed by atoms with Crippen molar-refractivity contribution >= 4 is 22.8 Å². The molecule has 1 atom stereocenters. The second-order valence-electron chi connectivity index (χ2n) is 10.4. The molecule has 3 heterocycles. The molecule has 0 aliphatic carbocycles. The number of fused-ring (bicyclic) bond motifs is 1. The molecule has 210 valence electrons. The van der Waals surface area contributed by atoms with Crippen molar-refractivity contribution in [3.63, 3.8) is 0 Å². The molecule has 1 fully saturated rings. The Morgan fingerprint density at radius 3 is 2.59 bits per heavy atom. The fourth-order valence-electron chi connectivity index (χ4n) is 5.22. The first-order chi connectivity index (χ1) is 19.8. The summed E-state index contributed by atoms with van der Waals surface area (Å²) in [4.78, 5) is 23.9. The van der Waals surface area contributed by atoms with E-state index in [9.17, 15) is 10.1 Å². The molecular weight excluding hydrogens is 518 g/mol. The SMILES string of the molecule is CCOC(C)(C)/C=C(\C#N)C(=O)N1CCC[C@@H]1Cn1nc(-c2ccc(Oc3ccccc3)cc2)c2c(N)ncnc21. The second kappa shape index (κ2) is 11.8. The maximum absolute atomic E-state index is 13.5. The number of aromatic nitrogens is 4. The summed E-state index contributed by atoms with van der Waals surface area (Å²) in [6.45, 7) is 7.00. The Bertz CT molecular complexity index is 1600. The number of benzene rings is 2. The molecule has 1 amide bonds. The first kappa shape index (κ1) is 27.8. The average molecular weight is 552 g/mol. The van der Waals surface area contributed by atoms with Crippen molar-refractivity contribution in [1.82, 2.24) is 24.6 Å². The van der Waals surface area contributed by atoms with E-state index < -0.39 is 5.60 Å². The van der Waals surface area contributed by atoms with Crippen LogP contribution in [-0.4, -0.2) is 55.4 Å². The molecule has 4 aromatic rings. The van der Waals surface area contributed by atoms with Crippen LogP contribution in [0, 0.1) is 11.3 Å². The normalized spacial score (nSPS) is 15.7. The smallest absolute Gasteiger partial charge is 0.264 e. The third-order valence-electron chi connectivity index (χ3n) is 7.05. The van der Waals surface area contributed by atoms with Gasteiger partial charge in [-0.05, 0) is 76.1 Å². The van der Waals surface area contributed by atoms with Crippen LogP contribution in [0.1, 0.15) is 33.6 Å². The minimum Gasteiger partial charge on any atom is -0.457 e. The summed E-state index contributed by atoms with van der Waals surface area (Å²) in [5.41, 5.74) is 7.74. The molecule has 5 rings (SSSR count). The highest BCUT2D eigenvalue weighted by Gasteiger charge is 2.33. The zero-order chi connectivity index (χ0) is 29.0. The number of hydrogen-bond donors (Lipinski definition) is 1. The summed E-state index contributed by atoms with van der Waals surface area (Å²) in [7, 11) is 0. The van der Waals surface area contributed by atoms with E-state index in [1.54, 1.807) is 15.7 Å². The van der Waals surface area contributed by atoms with Crippen LogP contribution < -0.4 is 10.5 Å². The fraction of sp³-hybridized carbons (Fsp3) is 0.323. The van der Waals surface area contributed by atoms with Crippen molar-refractivity contribution in [3.8, 4) is 28.8 Å². The minimum absolute atomic E-state index is 0.0748. The van der Waals surface area contributed by atoms with Crippen LogP contribution in [0.25, 0.3) is 22.3 Å². The number of anilines is 1. The molecule has 2 aromatic carbocycles. The number of para-hydroxylation sites is 1. The molecule has 0 unspecified atom stereocenters. The van der Waals surface area contributed by atoms with Gasteiger partial charge in [0.25, 0.3) is 5.91 Å². The van der Waals surface area contributed by atoms with E-state index in [1.807, 2.05) is 75.4 Å². The molecule has 10 heteroatoms. The zero-order valence-corrected chi connectivity index (χ0v) is 23.4. The molecule has 1 aliphatic heterocycles. The number of nitriles is 1. The molecule has 41 heavy (non-hydrogen) atoms. The van der Waals surface area contributed by atoms with E-state index >= 15 is 0 Å². The number of nitrogens with zero attached hydrogens (tertiary/aromatic N) is 6. The Hall–Kier alpha value is -4.75. The van der Waals surface area contributed by atoms with Crippen LogP contribution in [0.3, 0.4) is 0 Å². The van der Waals surface area contributed by atoms with Gasteiger partial charge in [0, 0.05) is 18.7 Å². The molecular formula is C31H33N7O3. The largest absolute Gasteiger partial charge is 0.457 e. The molecule has 0 spiro atoms. The predicted molar refractivity (Wildman–Crippen MR) is 156 cm³/mol. The van der Waals surface area contributed by atoms with Crippen LogP contribution >= 0.6 is 0 Å². The number of likely N-dealkylation sites (tertiary alicyclic amines) is 1. The summed E-state index contributed by atoms with van der Waals surface area (Å²) in [5.74, 6) is 1.47. The van der Waals surface area contributed by atoms with Crippen LogP contribution in [0.5, 0.6) is 11.5 Å². The summed E-state index contributed by atoms with van der Waals surface area (Å²) in [6, 6.07) is 19.1. The van der Waals surface area contributed by atoms with E-state index in [0.29, 0.717) is 48.0 Å². The minimum atomic E-state index is -0.728. The van der Waals surface area contributed by atoms with Gasteiger partial charge in [-0.1, -0.05) is 18.2 Å². The number of amides is 1. The van der Waals surface area contributed by atoms with Gasteiger partial charge in [0.05, 0.1) is 23.6 Å². The first-order valence-electron chi connectivity index (χ1n) is 13.7. The molecule has 0 bridgehead atoms. The Kier molecular flexibility index (Phi) is 7.99. The highest BCUT2D eigenvalue weighted by atomic mass is 16.5. The summed E-state index contributed by atoms with van der Waals surface area (Å²) in [6.07, 6.45) is 4.63. The number of ether oxygens (including phenoxy) is 2. The quantitative estimate of drug-likeness (QED) is 0.224. The number of carbonyl (C=O) groups is 1. The van der Waals surface area contributed by atoms with Gasteiger partial charge >= 0.3 is 0 Å².